The molecule has 2 amide bonds. The van der Waals surface area contributed by atoms with Gasteiger partial charge in [-0.3, -0.25) is 13.9 Å². The van der Waals surface area contributed by atoms with Crippen LogP contribution < -0.4 is 14.4 Å². The highest BCUT2D eigenvalue weighted by molar-refractivity contribution is 7.92. The number of hydrogen-bond donors (Lipinski definition) is 1. The molecule has 39 heavy (non-hydrogen) atoms. The van der Waals surface area contributed by atoms with E-state index in [1.54, 1.807) is 61.5 Å². The Hall–Kier alpha value is -3.56. The molecule has 1 atom stereocenters. The van der Waals surface area contributed by atoms with Crippen molar-refractivity contribution in [2.75, 3.05) is 25.0 Å². The van der Waals surface area contributed by atoms with Crippen LogP contribution >= 0.6 is 11.6 Å². The average molecular weight is 572 g/mol. The fourth-order valence-corrected chi connectivity index (χ4v) is 5.76. The van der Waals surface area contributed by atoms with Crippen LogP contribution in [0.5, 0.6) is 5.75 Å². The number of likely N-dealkylation sites (N-methyl/N-ethyl adjacent to an activating group) is 1. The standard InChI is InChI=1S/C29H34ClN3O5S/c1-6-25(29(35)31-4)32(18-22-10-12-23(30)13-11-22)28(34)19-33(26-17-21(3)9-16-27(26)38-5)39(36,37)24-14-7-20(2)8-15-24/h7-17,25H,6,18-19H2,1-5H3,(H,31,35). The maximum atomic E-state index is 14.0. The Morgan fingerprint density at radius 2 is 1.59 bits per heavy atom. The molecule has 1 N–H and O–H groups in total. The molecular weight excluding hydrogens is 538 g/mol. The Balaban J connectivity index is 2.12. The summed E-state index contributed by atoms with van der Waals surface area (Å²) in [5, 5.41) is 3.15. The van der Waals surface area contributed by atoms with Crippen molar-refractivity contribution in [2.45, 2.75) is 44.7 Å². The van der Waals surface area contributed by atoms with Crippen LogP contribution in [0.25, 0.3) is 0 Å². The van der Waals surface area contributed by atoms with Crippen molar-refractivity contribution in [3.63, 3.8) is 0 Å². The Kier molecular flexibility index (Phi) is 9.99. The number of benzene rings is 3. The van der Waals surface area contributed by atoms with Crippen LogP contribution in [0.4, 0.5) is 5.69 Å². The van der Waals surface area contributed by atoms with Gasteiger partial charge in [-0.2, -0.15) is 0 Å². The lowest BCUT2D eigenvalue weighted by Gasteiger charge is -2.33. The minimum Gasteiger partial charge on any atom is -0.495 e. The highest BCUT2D eigenvalue weighted by Crippen LogP contribution is 2.34. The predicted octanol–water partition coefficient (Wildman–Crippen LogP) is 4.71. The molecule has 8 nitrogen and oxygen atoms in total. The number of rotatable bonds is 11. The van der Waals surface area contributed by atoms with E-state index in [0.717, 1.165) is 21.0 Å². The van der Waals surface area contributed by atoms with E-state index < -0.39 is 28.5 Å². The van der Waals surface area contributed by atoms with Gasteiger partial charge in [0, 0.05) is 18.6 Å². The molecule has 3 aromatic rings. The number of nitrogens with zero attached hydrogens (tertiary/aromatic N) is 2. The van der Waals surface area contributed by atoms with Gasteiger partial charge < -0.3 is 15.0 Å². The molecule has 0 aliphatic carbocycles. The third-order valence-corrected chi connectivity index (χ3v) is 8.42. The van der Waals surface area contributed by atoms with Crippen LogP contribution in [0, 0.1) is 13.8 Å². The van der Waals surface area contributed by atoms with Gasteiger partial charge in [0.1, 0.15) is 18.3 Å². The Morgan fingerprint density at radius 1 is 0.974 bits per heavy atom. The second kappa shape index (κ2) is 13.0. The average Bonchev–Trinajstić information content (AvgIpc) is 2.92. The normalized spacial score (nSPS) is 11.9. The van der Waals surface area contributed by atoms with Crippen LogP contribution in [-0.4, -0.2) is 51.9 Å². The van der Waals surface area contributed by atoms with Gasteiger partial charge in [0.2, 0.25) is 11.8 Å². The van der Waals surface area contributed by atoms with Gasteiger partial charge in [-0.25, -0.2) is 8.42 Å². The van der Waals surface area contributed by atoms with Crippen molar-refractivity contribution in [1.82, 2.24) is 10.2 Å². The Morgan fingerprint density at radius 3 is 2.15 bits per heavy atom. The summed E-state index contributed by atoms with van der Waals surface area (Å²) in [6.07, 6.45) is 0.331. The summed E-state index contributed by atoms with van der Waals surface area (Å²) in [5.41, 5.74) is 2.66. The monoisotopic (exact) mass is 571 g/mol. The minimum atomic E-state index is -4.20. The van der Waals surface area contributed by atoms with Crippen LogP contribution in [0.1, 0.15) is 30.0 Å². The minimum absolute atomic E-state index is 0.0343. The topological polar surface area (TPSA) is 96.0 Å². The molecule has 0 heterocycles. The molecule has 0 saturated heterocycles. The van der Waals surface area contributed by atoms with E-state index in [1.165, 1.54) is 31.2 Å². The lowest BCUT2D eigenvalue weighted by atomic mass is 10.1. The lowest BCUT2D eigenvalue weighted by molar-refractivity contribution is -0.140. The largest absolute Gasteiger partial charge is 0.495 e. The van der Waals surface area contributed by atoms with Gasteiger partial charge in [0.15, 0.2) is 0 Å². The van der Waals surface area contributed by atoms with Crippen molar-refractivity contribution < 1.29 is 22.7 Å². The third-order valence-electron chi connectivity index (χ3n) is 6.39. The zero-order valence-corrected chi connectivity index (χ0v) is 24.3. The third kappa shape index (κ3) is 7.10. The first-order chi connectivity index (χ1) is 18.5. The van der Waals surface area contributed by atoms with E-state index in [2.05, 4.69) is 5.32 Å². The van der Waals surface area contributed by atoms with Crippen molar-refractivity contribution in [3.05, 3.63) is 88.4 Å². The number of carbonyl (C=O) groups is 2. The number of hydrogen-bond acceptors (Lipinski definition) is 5. The first-order valence-corrected chi connectivity index (χ1v) is 14.3. The number of halogens is 1. The molecule has 0 aliphatic rings. The molecule has 10 heteroatoms. The second-order valence-electron chi connectivity index (χ2n) is 9.19. The van der Waals surface area contributed by atoms with E-state index in [4.69, 9.17) is 16.3 Å². The van der Waals surface area contributed by atoms with Crippen LogP contribution in [0.2, 0.25) is 5.02 Å². The first-order valence-electron chi connectivity index (χ1n) is 12.5. The molecule has 0 radical (unpaired) electrons. The fourth-order valence-electron chi connectivity index (χ4n) is 4.22. The zero-order valence-electron chi connectivity index (χ0n) is 22.8. The molecule has 0 aliphatic heterocycles. The number of aryl methyl sites for hydroxylation is 2. The van der Waals surface area contributed by atoms with Crippen molar-refractivity contribution in [1.29, 1.82) is 0 Å². The van der Waals surface area contributed by atoms with Crippen molar-refractivity contribution in [3.8, 4) is 5.75 Å². The van der Waals surface area contributed by atoms with Gasteiger partial charge in [0.05, 0.1) is 17.7 Å². The van der Waals surface area contributed by atoms with Crippen LogP contribution in [-0.2, 0) is 26.2 Å². The highest BCUT2D eigenvalue weighted by atomic mass is 35.5. The van der Waals surface area contributed by atoms with Gasteiger partial charge >= 0.3 is 0 Å². The smallest absolute Gasteiger partial charge is 0.264 e. The van der Waals surface area contributed by atoms with Crippen LogP contribution in [0.3, 0.4) is 0 Å². The van der Waals surface area contributed by atoms with Gasteiger partial charge in [-0.1, -0.05) is 54.4 Å². The predicted molar refractivity (Wildman–Crippen MR) is 154 cm³/mol. The summed E-state index contributed by atoms with van der Waals surface area (Å²) >= 11 is 6.04. The van der Waals surface area contributed by atoms with Gasteiger partial charge in [-0.05, 0) is 67.8 Å². The molecule has 208 valence electrons. The summed E-state index contributed by atoms with van der Waals surface area (Å²) in [6.45, 7) is 5.03. The summed E-state index contributed by atoms with van der Waals surface area (Å²) in [6, 6.07) is 17.7. The number of ether oxygens (including phenoxy) is 1. The van der Waals surface area contributed by atoms with Gasteiger partial charge in [-0.15, -0.1) is 0 Å². The Bertz CT molecular complexity index is 1410. The number of carbonyl (C=O) groups excluding carboxylic acids is 2. The number of anilines is 1. The SMILES string of the molecule is CCC(C(=O)NC)N(Cc1ccc(Cl)cc1)C(=O)CN(c1cc(C)ccc1OC)S(=O)(=O)c1ccc(C)cc1. The van der Waals surface area contributed by atoms with E-state index in [-0.39, 0.29) is 23.0 Å². The quantitative estimate of drug-likeness (QED) is 0.359. The number of nitrogens with one attached hydrogen (secondary N) is 1. The molecule has 0 saturated carbocycles. The zero-order chi connectivity index (χ0) is 28.7. The van der Waals surface area contributed by atoms with E-state index in [9.17, 15) is 18.0 Å². The van der Waals surface area contributed by atoms with E-state index >= 15 is 0 Å². The molecule has 0 bridgehead atoms. The molecule has 3 rings (SSSR count). The maximum Gasteiger partial charge on any atom is 0.264 e. The summed E-state index contributed by atoms with van der Waals surface area (Å²) in [4.78, 5) is 28.3. The van der Waals surface area contributed by atoms with E-state index in [0.29, 0.717) is 17.2 Å². The number of sulfonamides is 1. The van der Waals surface area contributed by atoms with E-state index in [1.807, 2.05) is 13.8 Å². The molecule has 3 aromatic carbocycles. The summed E-state index contributed by atoms with van der Waals surface area (Å²) < 4.78 is 34.6. The number of methoxy groups -OCH3 is 1. The summed E-state index contributed by atoms with van der Waals surface area (Å²) in [5.74, 6) is -0.591. The molecule has 0 spiro atoms. The molecular formula is C29H34ClN3O5S. The first kappa shape index (κ1) is 30.0. The second-order valence-corrected chi connectivity index (χ2v) is 11.5. The highest BCUT2D eigenvalue weighted by Gasteiger charge is 2.34. The van der Waals surface area contributed by atoms with Crippen molar-refractivity contribution >= 4 is 39.1 Å². The maximum absolute atomic E-state index is 14.0. The van der Waals surface area contributed by atoms with Crippen molar-refractivity contribution in [2.24, 2.45) is 0 Å². The van der Waals surface area contributed by atoms with Crippen LogP contribution in [0.15, 0.2) is 71.6 Å². The lowest BCUT2D eigenvalue weighted by Crippen LogP contribution is -2.51. The Labute approximate surface area is 235 Å². The molecule has 0 fully saturated rings. The fraction of sp³-hybridized carbons (Fsp3) is 0.310. The molecule has 0 aromatic heterocycles. The number of amides is 2. The molecule has 1 unspecified atom stereocenters. The van der Waals surface area contributed by atoms with Gasteiger partial charge in [0.25, 0.3) is 10.0 Å². The summed E-state index contributed by atoms with van der Waals surface area (Å²) in [7, 11) is -1.25.